The molecule has 0 aliphatic rings. The van der Waals surface area contributed by atoms with Crippen molar-refractivity contribution < 1.29 is 14.2 Å². The molecule has 1 heterocycles. The van der Waals surface area contributed by atoms with Crippen molar-refractivity contribution in [1.29, 1.82) is 0 Å². The highest BCUT2D eigenvalue weighted by Gasteiger charge is 2.09. The van der Waals surface area contributed by atoms with Gasteiger partial charge in [-0.3, -0.25) is 4.99 Å². The van der Waals surface area contributed by atoms with Gasteiger partial charge in [-0.1, -0.05) is 12.1 Å². The summed E-state index contributed by atoms with van der Waals surface area (Å²) in [4.78, 5) is 8.32. The summed E-state index contributed by atoms with van der Waals surface area (Å²) in [6, 6.07) is 11.4. The quantitative estimate of drug-likeness (QED) is 0.557. The zero-order valence-corrected chi connectivity index (χ0v) is 15.7. The van der Waals surface area contributed by atoms with Crippen LogP contribution in [-0.2, 0) is 6.54 Å². The van der Waals surface area contributed by atoms with Crippen molar-refractivity contribution in [3.8, 4) is 17.4 Å². The van der Waals surface area contributed by atoms with E-state index in [9.17, 15) is 0 Å². The number of pyridine rings is 1. The Balaban J connectivity index is 1.82. The van der Waals surface area contributed by atoms with E-state index >= 15 is 0 Å². The maximum absolute atomic E-state index is 5.93. The van der Waals surface area contributed by atoms with Crippen molar-refractivity contribution in [2.75, 3.05) is 27.8 Å². The first-order valence-electron chi connectivity index (χ1n) is 8.39. The molecule has 2 N–H and O–H groups in total. The average Bonchev–Trinajstić information content (AvgIpc) is 2.68. The molecule has 1 aromatic carbocycles. The smallest absolute Gasteiger partial charge is 0.213 e. The molecule has 7 nitrogen and oxygen atoms in total. The minimum absolute atomic E-state index is 0.0640. The van der Waals surface area contributed by atoms with Crippen molar-refractivity contribution >= 4 is 5.96 Å². The Hall–Kier alpha value is -2.96. The fraction of sp³-hybridized carbons (Fsp3) is 0.368. The summed E-state index contributed by atoms with van der Waals surface area (Å²) in [7, 11) is 4.96. The van der Waals surface area contributed by atoms with Crippen LogP contribution in [0.5, 0.6) is 17.4 Å². The van der Waals surface area contributed by atoms with Crippen LogP contribution in [0.4, 0.5) is 0 Å². The molecular weight excluding hydrogens is 332 g/mol. The molecule has 140 valence electrons. The average molecular weight is 358 g/mol. The molecular formula is C19H26N4O3. The molecule has 1 unspecified atom stereocenters. The second-order valence-electron chi connectivity index (χ2n) is 5.59. The summed E-state index contributed by atoms with van der Waals surface area (Å²) in [5.74, 6) is 2.71. The van der Waals surface area contributed by atoms with Gasteiger partial charge in [0.1, 0.15) is 6.10 Å². The van der Waals surface area contributed by atoms with Crippen LogP contribution in [0.2, 0.25) is 0 Å². The second kappa shape index (κ2) is 10.1. The predicted octanol–water partition coefficient (Wildman–Crippen LogP) is 2.23. The maximum atomic E-state index is 5.93. The number of hydrogen-bond donors (Lipinski definition) is 2. The number of nitrogens with one attached hydrogen (secondary N) is 2. The van der Waals surface area contributed by atoms with Gasteiger partial charge in [0.05, 0.1) is 20.8 Å². The van der Waals surface area contributed by atoms with Gasteiger partial charge in [-0.15, -0.1) is 0 Å². The molecule has 0 bridgehead atoms. The van der Waals surface area contributed by atoms with Gasteiger partial charge >= 0.3 is 0 Å². The highest BCUT2D eigenvalue weighted by molar-refractivity contribution is 5.79. The Labute approximate surface area is 154 Å². The topological polar surface area (TPSA) is 77.0 Å². The van der Waals surface area contributed by atoms with Gasteiger partial charge in [0, 0.05) is 25.9 Å². The highest BCUT2D eigenvalue weighted by Crippen LogP contribution is 2.26. The van der Waals surface area contributed by atoms with Crippen molar-refractivity contribution in [3.05, 3.63) is 48.2 Å². The first kappa shape index (κ1) is 19.4. The predicted molar refractivity (Wildman–Crippen MR) is 102 cm³/mol. The van der Waals surface area contributed by atoms with E-state index in [0.717, 1.165) is 11.3 Å². The lowest BCUT2D eigenvalue weighted by atomic mass is 10.2. The van der Waals surface area contributed by atoms with Crippen LogP contribution in [0.3, 0.4) is 0 Å². The van der Waals surface area contributed by atoms with Gasteiger partial charge < -0.3 is 24.8 Å². The molecule has 1 aromatic heterocycles. The molecule has 2 rings (SSSR count). The third kappa shape index (κ3) is 5.84. The first-order chi connectivity index (χ1) is 12.7. The van der Waals surface area contributed by atoms with E-state index in [-0.39, 0.29) is 6.10 Å². The van der Waals surface area contributed by atoms with Crippen LogP contribution in [0.1, 0.15) is 12.5 Å². The summed E-state index contributed by atoms with van der Waals surface area (Å²) >= 11 is 0. The van der Waals surface area contributed by atoms with Crippen LogP contribution in [-0.4, -0.2) is 44.9 Å². The number of nitrogens with zero attached hydrogens (tertiary/aromatic N) is 2. The molecule has 0 saturated heterocycles. The fourth-order valence-electron chi connectivity index (χ4n) is 2.29. The summed E-state index contributed by atoms with van der Waals surface area (Å²) < 4.78 is 16.4. The van der Waals surface area contributed by atoms with Crippen LogP contribution >= 0.6 is 0 Å². The number of rotatable bonds is 8. The summed E-state index contributed by atoms with van der Waals surface area (Å²) in [5, 5.41) is 6.51. The number of hydrogen-bond acceptors (Lipinski definition) is 5. The normalized spacial score (nSPS) is 12.2. The van der Waals surface area contributed by atoms with Crippen LogP contribution in [0.25, 0.3) is 0 Å². The lowest BCUT2D eigenvalue weighted by Crippen LogP contribution is -2.41. The first-order valence-corrected chi connectivity index (χ1v) is 8.39. The molecule has 0 fully saturated rings. The van der Waals surface area contributed by atoms with E-state index < -0.39 is 0 Å². The van der Waals surface area contributed by atoms with Gasteiger partial charge in [-0.25, -0.2) is 4.98 Å². The number of para-hydroxylation sites is 2. The number of ether oxygens (including phenoxy) is 3. The number of aliphatic imine (C=N–C) groups is 1. The standard InChI is InChI=1S/C19H26N4O3/c1-14(26-17-8-6-5-7-16(17)24-3)12-22-19(20-2)23-13-15-9-10-21-18(11-15)25-4/h5-11,14H,12-13H2,1-4H3,(H2,20,22,23). The number of benzene rings is 1. The fourth-order valence-corrected chi connectivity index (χ4v) is 2.29. The van der Waals surface area contributed by atoms with Crippen LogP contribution in [0.15, 0.2) is 47.6 Å². The zero-order valence-electron chi connectivity index (χ0n) is 15.7. The molecule has 2 aromatic rings. The lowest BCUT2D eigenvalue weighted by Gasteiger charge is -2.19. The maximum Gasteiger partial charge on any atom is 0.213 e. The molecule has 0 amide bonds. The van der Waals surface area contributed by atoms with Gasteiger partial charge in [0.2, 0.25) is 5.88 Å². The number of methoxy groups -OCH3 is 2. The van der Waals surface area contributed by atoms with Gasteiger partial charge in [-0.05, 0) is 30.7 Å². The van der Waals surface area contributed by atoms with Crippen molar-refractivity contribution in [2.45, 2.75) is 19.6 Å². The molecule has 0 saturated carbocycles. The zero-order chi connectivity index (χ0) is 18.8. The summed E-state index contributed by atoms with van der Waals surface area (Å²) in [6.45, 7) is 3.19. The van der Waals surface area contributed by atoms with Crippen LogP contribution in [0, 0.1) is 0 Å². The van der Waals surface area contributed by atoms with Crippen LogP contribution < -0.4 is 24.8 Å². The van der Waals surface area contributed by atoms with E-state index in [4.69, 9.17) is 14.2 Å². The van der Waals surface area contributed by atoms with Crippen molar-refractivity contribution in [2.24, 2.45) is 4.99 Å². The Bertz CT molecular complexity index is 721. The second-order valence-corrected chi connectivity index (χ2v) is 5.59. The van der Waals surface area contributed by atoms with Gasteiger partial charge in [0.25, 0.3) is 0 Å². The van der Waals surface area contributed by atoms with Crippen molar-refractivity contribution in [3.63, 3.8) is 0 Å². The van der Waals surface area contributed by atoms with E-state index in [1.165, 1.54) is 0 Å². The Kier molecular flexibility index (Phi) is 7.54. The Morgan fingerprint density at radius 3 is 2.58 bits per heavy atom. The lowest BCUT2D eigenvalue weighted by molar-refractivity contribution is 0.213. The van der Waals surface area contributed by atoms with Gasteiger partial charge in [0.15, 0.2) is 17.5 Å². The SMILES string of the molecule is CN=C(NCc1ccnc(OC)c1)NCC(C)Oc1ccccc1OC. The molecule has 0 aliphatic carbocycles. The third-order valence-electron chi connectivity index (χ3n) is 3.65. The van der Waals surface area contributed by atoms with E-state index in [1.807, 2.05) is 43.3 Å². The highest BCUT2D eigenvalue weighted by atomic mass is 16.5. The van der Waals surface area contributed by atoms with Crippen molar-refractivity contribution in [1.82, 2.24) is 15.6 Å². The number of guanidine groups is 1. The molecule has 0 spiro atoms. The van der Waals surface area contributed by atoms with E-state index in [0.29, 0.717) is 30.7 Å². The minimum Gasteiger partial charge on any atom is -0.493 e. The molecule has 7 heteroatoms. The van der Waals surface area contributed by atoms with E-state index in [2.05, 4.69) is 20.6 Å². The molecule has 0 aliphatic heterocycles. The number of aromatic nitrogens is 1. The molecule has 0 radical (unpaired) electrons. The summed E-state index contributed by atoms with van der Waals surface area (Å²) in [6.07, 6.45) is 1.65. The largest absolute Gasteiger partial charge is 0.493 e. The molecule has 1 atom stereocenters. The monoisotopic (exact) mass is 358 g/mol. The minimum atomic E-state index is -0.0640. The van der Waals surface area contributed by atoms with Gasteiger partial charge in [-0.2, -0.15) is 0 Å². The van der Waals surface area contributed by atoms with E-state index in [1.54, 1.807) is 27.5 Å². The Morgan fingerprint density at radius 2 is 1.88 bits per heavy atom. The summed E-state index contributed by atoms with van der Waals surface area (Å²) in [5.41, 5.74) is 1.05. The third-order valence-corrected chi connectivity index (χ3v) is 3.65. The molecule has 26 heavy (non-hydrogen) atoms. The Morgan fingerprint density at radius 1 is 1.12 bits per heavy atom.